The standard InChI is InChI=1S/C13H23ClN4O/c1-5-7-15-13-16-8-11(14)12(17-13)18(6-2)10(3)9-19-4/h8,10H,5-7,9H2,1-4H3,(H,15,16,17). The zero-order chi connectivity index (χ0) is 14.3. The maximum atomic E-state index is 6.21. The number of nitrogens with one attached hydrogen (secondary N) is 1. The fraction of sp³-hybridized carbons (Fsp3) is 0.692. The molecule has 1 rings (SSSR count). The third kappa shape index (κ3) is 4.51. The van der Waals surface area contributed by atoms with Crippen molar-refractivity contribution in [1.82, 2.24) is 9.97 Å². The van der Waals surface area contributed by atoms with E-state index in [-0.39, 0.29) is 6.04 Å². The molecule has 1 aromatic rings. The second-order valence-electron chi connectivity index (χ2n) is 4.38. The summed E-state index contributed by atoms with van der Waals surface area (Å²) in [7, 11) is 1.69. The van der Waals surface area contributed by atoms with Crippen LogP contribution >= 0.6 is 11.6 Å². The molecule has 1 aromatic heterocycles. The second kappa shape index (κ2) is 8.17. The minimum Gasteiger partial charge on any atom is -0.383 e. The normalized spacial score (nSPS) is 12.3. The topological polar surface area (TPSA) is 50.3 Å². The Morgan fingerprint density at radius 1 is 1.47 bits per heavy atom. The lowest BCUT2D eigenvalue weighted by Gasteiger charge is -2.29. The summed E-state index contributed by atoms with van der Waals surface area (Å²) in [5.74, 6) is 1.37. The van der Waals surface area contributed by atoms with E-state index in [9.17, 15) is 0 Å². The van der Waals surface area contributed by atoms with E-state index in [1.807, 2.05) is 0 Å². The highest BCUT2D eigenvalue weighted by Gasteiger charge is 2.18. The van der Waals surface area contributed by atoms with Gasteiger partial charge in [0.15, 0.2) is 5.82 Å². The van der Waals surface area contributed by atoms with Crippen LogP contribution in [0.15, 0.2) is 6.20 Å². The molecule has 0 saturated heterocycles. The highest BCUT2D eigenvalue weighted by atomic mass is 35.5. The Bertz CT molecular complexity index is 389. The molecule has 0 amide bonds. The molecule has 19 heavy (non-hydrogen) atoms. The molecule has 0 spiro atoms. The summed E-state index contributed by atoms with van der Waals surface area (Å²) in [5, 5.41) is 3.73. The molecule has 0 bridgehead atoms. The van der Waals surface area contributed by atoms with E-state index in [2.05, 4.69) is 41.0 Å². The molecule has 0 saturated carbocycles. The third-order valence-corrected chi connectivity index (χ3v) is 3.08. The van der Waals surface area contributed by atoms with E-state index >= 15 is 0 Å². The second-order valence-corrected chi connectivity index (χ2v) is 4.79. The Morgan fingerprint density at radius 2 is 2.21 bits per heavy atom. The van der Waals surface area contributed by atoms with Gasteiger partial charge in [-0.25, -0.2) is 4.98 Å². The number of nitrogens with zero attached hydrogens (tertiary/aromatic N) is 3. The van der Waals surface area contributed by atoms with E-state index in [0.717, 1.165) is 25.3 Å². The summed E-state index contributed by atoms with van der Waals surface area (Å²) >= 11 is 6.21. The minimum absolute atomic E-state index is 0.210. The van der Waals surface area contributed by atoms with Gasteiger partial charge in [-0.3, -0.25) is 0 Å². The van der Waals surface area contributed by atoms with Crippen LogP contribution in [0.4, 0.5) is 11.8 Å². The molecule has 0 fully saturated rings. The van der Waals surface area contributed by atoms with Gasteiger partial charge < -0.3 is 15.0 Å². The first-order valence-electron chi connectivity index (χ1n) is 6.65. The van der Waals surface area contributed by atoms with Gasteiger partial charge in [0.2, 0.25) is 5.95 Å². The van der Waals surface area contributed by atoms with Crippen molar-refractivity contribution in [3.63, 3.8) is 0 Å². The monoisotopic (exact) mass is 286 g/mol. The van der Waals surface area contributed by atoms with Gasteiger partial charge in [0.25, 0.3) is 0 Å². The molecular formula is C13H23ClN4O. The van der Waals surface area contributed by atoms with Crippen LogP contribution in [0.3, 0.4) is 0 Å². The lowest BCUT2D eigenvalue weighted by Crippen LogP contribution is -2.37. The van der Waals surface area contributed by atoms with Crippen molar-refractivity contribution in [2.75, 3.05) is 37.0 Å². The van der Waals surface area contributed by atoms with Crippen molar-refractivity contribution >= 4 is 23.4 Å². The van der Waals surface area contributed by atoms with Crippen molar-refractivity contribution < 1.29 is 4.74 Å². The lowest BCUT2D eigenvalue weighted by atomic mass is 10.3. The Morgan fingerprint density at radius 3 is 2.79 bits per heavy atom. The molecule has 0 radical (unpaired) electrons. The van der Waals surface area contributed by atoms with Gasteiger partial charge in [0, 0.05) is 20.2 Å². The molecule has 1 atom stereocenters. The van der Waals surface area contributed by atoms with Crippen LogP contribution < -0.4 is 10.2 Å². The van der Waals surface area contributed by atoms with Crippen LogP contribution in [0, 0.1) is 0 Å². The smallest absolute Gasteiger partial charge is 0.224 e. The van der Waals surface area contributed by atoms with E-state index < -0.39 is 0 Å². The number of hydrogen-bond acceptors (Lipinski definition) is 5. The van der Waals surface area contributed by atoms with Crippen LogP contribution in [0.25, 0.3) is 0 Å². The average molecular weight is 287 g/mol. The van der Waals surface area contributed by atoms with Gasteiger partial charge in [-0.15, -0.1) is 0 Å². The first-order valence-corrected chi connectivity index (χ1v) is 7.03. The van der Waals surface area contributed by atoms with Gasteiger partial charge in [0.05, 0.1) is 18.8 Å². The number of aromatic nitrogens is 2. The van der Waals surface area contributed by atoms with E-state index in [0.29, 0.717) is 17.6 Å². The van der Waals surface area contributed by atoms with Crippen LogP contribution in [0.5, 0.6) is 0 Å². The molecule has 6 heteroatoms. The van der Waals surface area contributed by atoms with Gasteiger partial charge >= 0.3 is 0 Å². The summed E-state index contributed by atoms with van der Waals surface area (Å²) < 4.78 is 5.20. The molecule has 0 aromatic carbocycles. The summed E-state index contributed by atoms with van der Waals surface area (Å²) in [6.07, 6.45) is 2.67. The number of ether oxygens (including phenoxy) is 1. The van der Waals surface area contributed by atoms with Gasteiger partial charge in [-0.2, -0.15) is 4.98 Å². The zero-order valence-electron chi connectivity index (χ0n) is 12.1. The van der Waals surface area contributed by atoms with E-state index in [1.54, 1.807) is 13.3 Å². The Balaban J connectivity index is 2.94. The number of rotatable bonds is 8. The number of halogens is 1. The highest BCUT2D eigenvalue weighted by Crippen LogP contribution is 2.25. The molecular weight excluding hydrogens is 264 g/mol. The first kappa shape index (κ1) is 16.0. The number of anilines is 2. The molecule has 0 aliphatic rings. The summed E-state index contributed by atoms with van der Waals surface area (Å²) in [4.78, 5) is 10.8. The summed E-state index contributed by atoms with van der Waals surface area (Å²) in [6, 6.07) is 0.210. The van der Waals surface area contributed by atoms with E-state index in [4.69, 9.17) is 16.3 Å². The maximum absolute atomic E-state index is 6.21. The zero-order valence-corrected chi connectivity index (χ0v) is 12.9. The van der Waals surface area contributed by atoms with Crippen LogP contribution in [-0.4, -0.2) is 42.8 Å². The minimum atomic E-state index is 0.210. The largest absolute Gasteiger partial charge is 0.383 e. The molecule has 108 valence electrons. The van der Waals surface area contributed by atoms with Crippen molar-refractivity contribution in [2.24, 2.45) is 0 Å². The number of methoxy groups -OCH3 is 1. The van der Waals surface area contributed by atoms with Gasteiger partial charge in [0.1, 0.15) is 5.02 Å². The van der Waals surface area contributed by atoms with Crippen molar-refractivity contribution in [3.8, 4) is 0 Å². The predicted molar refractivity (Wildman–Crippen MR) is 80.2 cm³/mol. The quantitative estimate of drug-likeness (QED) is 0.796. The third-order valence-electron chi connectivity index (χ3n) is 2.81. The van der Waals surface area contributed by atoms with Crippen molar-refractivity contribution in [2.45, 2.75) is 33.2 Å². The fourth-order valence-corrected chi connectivity index (χ4v) is 2.08. The molecule has 0 aliphatic carbocycles. The molecule has 1 unspecified atom stereocenters. The van der Waals surface area contributed by atoms with E-state index in [1.165, 1.54) is 0 Å². The maximum Gasteiger partial charge on any atom is 0.224 e. The Labute approximate surface area is 120 Å². The van der Waals surface area contributed by atoms with Crippen LogP contribution in [0.1, 0.15) is 27.2 Å². The Hall–Kier alpha value is -1.07. The van der Waals surface area contributed by atoms with Gasteiger partial charge in [-0.05, 0) is 20.3 Å². The summed E-state index contributed by atoms with van der Waals surface area (Å²) in [5.41, 5.74) is 0. The van der Waals surface area contributed by atoms with Crippen molar-refractivity contribution in [3.05, 3.63) is 11.2 Å². The van der Waals surface area contributed by atoms with Crippen molar-refractivity contribution in [1.29, 1.82) is 0 Å². The molecule has 1 heterocycles. The summed E-state index contributed by atoms with van der Waals surface area (Å²) in [6.45, 7) is 8.55. The Kier molecular flexibility index (Phi) is 6.87. The molecule has 1 N–H and O–H groups in total. The SMILES string of the molecule is CCCNc1ncc(Cl)c(N(CC)C(C)COC)n1. The highest BCUT2D eigenvalue weighted by molar-refractivity contribution is 6.32. The molecule has 0 aliphatic heterocycles. The lowest BCUT2D eigenvalue weighted by molar-refractivity contribution is 0.181. The number of hydrogen-bond donors (Lipinski definition) is 1. The number of likely N-dealkylation sites (N-methyl/N-ethyl adjacent to an activating group) is 1. The predicted octanol–water partition coefficient (Wildman–Crippen LogP) is 2.81. The van der Waals surface area contributed by atoms with Gasteiger partial charge in [-0.1, -0.05) is 18.5 Å². The van der Waals surface area contributed by atoms with Crippen LogP contribution in [-0.2, 0) is 4.74 Å². The average Bonchev–Trinajstić information content (AvgIpc) is 2.40. The first-order chi connectivity index (χ1) is 9.13. The van der Waals surface area contributed by atoms with Crippen LogP contribution in [0.2, 0.25) is 5.02 Å². The fourth-order valence-electron chi connectivity index (χ4n) is 1.88. The molecule has 5 nitrogen and oxygen atoms in total.